The quantitative estimate of drug-likeness (QED) is 0.620. The molecule has 1 saturated carbocycles. The van der Waals surface area contributed by atoms with E-state index in [0.29, 0.717) is 5.56 Å². The van der Waals surface area contributed by atoms with Crippen LogP contribution in [0.2, 0.25) is 0 Å². The van der Waals surface area contributed by atoms with E-state index in [4.69, 9.17) is 4.74 Å². The van der Waals surface area contributed by atoms with Crippen LogP contribution in [-0.4, -0.2) is 19.6 Å². The van der Waals surface area contributed by atoms with Crippen molar-refractivity contribution in [1.82, 2.24) is 5.32 Å². The molecule has 0 aliphatic heterocycles. The molecule has 98 valence electrons. The molecule has 0 atom stereocenters. The average molecular weight is 247 g/mol. The summed E-state index contributed by atoms with van der Waals surface area (Å²) in [7, 11) is 1.42. The lowest BCUT2D eigenvalue weighted by Gasteiger charge is -2.25. The molecule has 0 radical (unpaired) electrons. The van der Waals surface area contributed by atoms with Gasteiger partial charge in [0, 0.05) is 6.54 Å². The van der Waals surface area contributed by atoms with Gasteiger partial charge in [-0.3, -0.25) is 0 Å². The molecular formula is C15H21NO2. The summed E-state index contributed by atoms with van der Waals surface area (Å²) < 4.78 is 4.78. The maximum atomic E-state index is 11.6. The van der Waals surface area contributed by atoms with Crippen molar-refractivity contribution < 1.29 is 9.53 Å². The highest BCUT2D eigenvalue weighted by molar-refractivity contribution is 5.90. The molecule has 1 N–H and O–H groups in total. The van der Waals surface area contributed by atoms with Crippen molar-refractivity contribution in [3.8, 4) is 0 Å². The number of nitrogens with one attached hydrogen (secondary N) is 1. The third kappa shape index (κ3) is 3.33. The van der Waals surface area contributed by atoms with Crippen molar-refractivity contribution in [1.29, 1.82) is 0 Å². The van der Waals surface area contributed by atoms with Crippen molar-refractivity contribution in [2.75, 3.05) is 13.7 Å². The fourth-order valence-corrected chi connectivity index (χ4v) is 2.29. The van der Waals surface area contributed by atoms with Gasteiger partial charge in [0.2, 0.25) is 0 Å². The Morgan fingerprint density at radius 2 is 2.17 bits per heavy atom. The largest absolute Gasteiger partial charge is 0.465 e. The molecule has 0 unspecified atom stereocenters. The summed E-state index contributed by atoms with van der Waals surface area (Å²) in [6.45, 7) is 1.76. The number of carbonyl (C=O) groups excluding carboxylic acids is 1. The molecule has 0 amide bonds. The standard InChI is InChI=1S/C15H21NO2/c1-18-15(17)14-8-3-2-7-13(14)11-16-10-9-12-5-4-6-12/h2-3,7-8,12,16H,4-6,9-11H2,1H3. The summed E-state index contributed by atoms with van der Waals surface area (Å²) in [6, 6.07) is 7.61. The van der Waals surface area contributed by atoms with E-state index in [2.05, 4.69) is 5.32 Å². The van der Waals surface area contributed by atoms with Crippen LogP contribution in [0.1, 0.15) is 41.6 Å². The second-order valence-corrected chi connectivity index (χ2v) is 4.91. The Hall–Kier alpha value is -1.35. The molecule has 1 aromatic carbocycles. The van der Waals surface area contributed by atoms with Gasteiger partial charge >= 0.3 is 5.97 Å². The Kier molecular flexibility index (Phi) is 4.76. The summed E-state index contributed by atoms with van der Waals surface area (Å²) in [4.78, 5) is 11.6. The zero-order valence-electron chi connectivity index (χ0n) is 10.9. The van der Waals surface area contributed by atoms with Gasteiger partial charge in [-0.15, -0.1) is 0 Å². The third-order valence-electron chi connectivity index (χ3n) is 3.69. The Morgan fingerprint density at radius 3 is 2.83 bits per heavy atom. The Morgan fingerprint density at radius 1 is 1.39 bits per heavy atom. The number of hydrogen-bond donors (Lipinski definition) is 1. The summed E-state index contributed by atoms with van der Waals surface area (Å²) in [5, 5.41) is 3.41. The normalized spacial score (nSPS) is 15.2. The van der Waals surface area contributed by atoms with Crippen LogP contribution >= 0.6 is 0 Å². The number of hydrogen-bond acceptors (Lipinski definition) is 3. The van der Waals surface area contributed by atoms with Gasteiger partial charge in [-0.05, 0) is 30.5 Å². The van der Waals surface area contributed by atoms with Crippen LogP contribution in [-0.2, 0) is 11.3 Å². The van der Waals surface area contributed by atoms with E-state index in [-0.39, 0.29) is 5.97 Å². The second kappa shape index (κ2) is 6.55. The summed E-state index contributed by atoms with van der Waals surface area (Å²) in [5.41, 5.74) is 1.68. The number of benzene rings is 1. The molecule has 3 nitrogen and oxygen atoms in total. The van der Waals surface area contributed by atoms with Gasteiger partial charge in [0.1, 0.15) is 0 Å². The van der Waals surface area contributed by atoms with Crippen molar-refractivity contribution in [3.63, 3.8) is 0 Å². The number of methoxy groups -OCH3 is 1. The van der Waals surface area contributed by atoms with Gasteiger partial charge in [0.05, 0.1) is 12.7 Å². The van der Waals surface area contributed by atoms with Gasteiger partial charge in [-0.25, -0.2) is 4.79 Å². The first-order valence-electron chi connectivity index (χ1n) is 6.68. The average Bonchev–Trinajstić information content (AvgIpc) is 2.36. The molecule has 0 heterocycles. The first-order chi connectivity index (χ1) is 8.81. The van der Waals surface area contributed by atoms with Gasteiger partial charge < -0.3 is 10.1 Å². The van der Waals surface area contributed by atoms with Gasteiger partial charge in [0.25, 0.3) is 0 Å². The SMILES string of the molecule is COC(=O)c1ccccc1CNCCC1CCC1. The predicted molar refractivity (Wildman–Crippen MR) is 71.4 cm³/mol. The van der Waals surface area contributed by atoms with Crippen LogP contribution < -0.4 is 5.32 Å². The zero-order chi connectivity index (χ0) is 12.8. The monoisotopic (exact) mass is 247 g/mol. The van der Waals surface area contributed by atoms with Crippen molar-refractivity contribution in [2.24, 2.45) is 5.92 Å². The highest BCUT2D eigenvalue weighted by Gasteiger charge is 2.16. The van der Waals surface area contributed by atoms with Crippen LogP contribution in [0, 0.1) is 5.92 Å². The van der Waals surface area contributed by atoms with Crippen molar-refractivity contribution in [2.45, 2.75) is 32.2 Å². The number of rotatable bonds is 6. The number of esters is 1. The lowest BCUT2D eigenvalue weighted by atomic mass is 9.83. The zero-order valence-corrected chi connectivity index (χ0v) is 10.9. The summed E-state index contributed by atoms with van der Waals surface area (Å²) >= 11 is 0. The number of ether oxygens (including phenoxy) is 1. The van der Waals surface area contributed by atoms with Gasteiger partial charge in [-0.2, -0.15) is 0 Å². The molecule has 1 aliphatic carbocycles. The molecule has 0 spiro atoms. The molecular weight excluding hydrogens is 226 g/mol. The van der Waals surface area contributed by atoms with E-state index >= 15 is 0 Å². The first-order valence-corrected chi connectivity index (χ1v) is 6.68. The Bertz CT molecular complexity index is 399. The van der Waals surface area contributed by atoms with Gasteiger partial charge in [-0.1, -0.05) is 37.5 Å². The lowest BCUT2D eigenvalue weighted by Crippen LogP contribution is -2.22. The van der Waals surface area contributed by atoms with Gasteiger partial charge in [0.15, 0.2) is 0 Å². The van der Waals surface area contributed by atoms with Crippen LogP contribution in [0.3, 0.4) is 0 Å². The molecule has 1 aliphatic rings. The van der Waals surface area contributed by atoms with Crippen molar-refractivity contribution >= 4 is 5.97 Å². The third-order valence-corrected chi connectivity index (χ3v) is 3.69. The molecule has 1 fully saturated rings. The highest BCUT2D eigenvalue weighted by atomic mass is 16.5. The van der Waals surface area contributed by atoms with E-state index < -0.39 is 0 Å². The van der Waals surface area contributed by atoms with E-state index in [1.54, 1.807) is 0 Å². The molecule has 18 heavy (non-hydrogen) atoms. The Balaban J connectivity index is 1.82. The maximum Gasteiger partial charge on any atom is 0.338 e. The Labute approximate surface area is 109 Å². The summed E-state index contributed by atoms with van der Waals surface area (Å²) in [5.74, 6) is 0.666. The molecule has 0 bridgehead atoms. The van der Waals surface area contributed by atoms with E-state index in [1.807, 2.05) is 24.3 Å². The maximum absolute atomic E-state index is 11.6. The minimum Gasteiger partial charge on any atom is -0.465 e. The van der Waals surface area contributed by atoms with E-state index in [9.17, 15) is 4.79 Å². The topological polar surface area (TPSA) is 38.3 Å². The number of carbonyl (C=O) groups is 1. The van der Waals surface area contributed by atoms with Crippen LogP contribution in [0.25, 0.3) is 0 Å². The molecule has 2 rings (SSSR count). The smallest absolute Gasteiger partial charge is 0.338 e. The lowest BCUT2D eigenvalue weighted by molar-refractivity contribution is 0.0599. The summed E-state index contributed by atoms with van der Waals surface area (Å²) in [6.07, 6.45) is 5.43. The molecule has 3 heteroatoms. The highest BCUT2D eigenvalue weighted by Crippen LogP contribution is 2.28. The minimum atomic E-state index is -0.258. The van der Waals surface area contributed by atoms with Crippen LogP contribution in [0.15, 0.2) is 24.3 Å². The van der Waals surface area contributed by atoms with Crippen molar-refractivity contribution in [3.05, 3.63) is 35.4 Å². The van der Waals surface area contributed by atoms with E-state index in [1.165, 1.54) is 32.8 Å². The van der Waals surface area contributed by atoms with Crippen LogP contribution in [0.4, 0.5) is 0 Å². The molecule has 0 saturated heterocycles. The molecule has 0 aromatic heterocycles. The second-order valence-electron chi connectivity index (χ2n) is 4.91. The predicted octanol–water partition coefficient (Wildman–Crippen LogP) is 2.75. The fraction of sp³-hybridized carbons (Fsp3) is 0.533. The molecule has 1 aromatic rings. The van der Waals surface area contributed by atoms with E-state index in [0.717, 1.165) is 24.6 Å². The minimum absolute atomic E-state index is 0.258. The first kappa shape index (κ1) is 13.1. The fourth-order valence-electron chi connectivity index (χ4n) is 2.29. The van der Waals surface area contributed by atoms with Crippen LogP contribution in [0.5, 0.6) is 0 Å².